The Morgan fingerprint density at radius 1 is 1.06 bits per heavy atom. The summed E-state index contributed by atoms with van der Waals surface area (Å²) in [6.45, 7) is 1.08. The second-order valence-electron chi connectivity index (χ2n) is 3.52. The van der Waals surface area contributed by atoms with Gasteiger partial charge in [-0.3, -0.25) is 4.79 Å². The lowest BCUT2D eigenvalue weighted by Gasteiger charge is -2.22. The van der Waals surface area contributed by atoms with Gasteiger partial charge in [0.2, 0.25) is 0 Å². The maximum Gasteiger partial charge on any atom is 0.142 e. The van der Waals surface area contributed by atoms with Crippen LogP contribution in [-0.2, 0) is 4.79 Å². The minimum atomic E-state index is 0.0484. The van der Waals surface area contributed by atoms with Crippen molar-refractivity contribution in [1.82, 2.24) is 0 Å². The number of aldehydes is 1. The standard InChI is InChI=1S/C13H17NO3/c15-9-1-2-12-3-5-13(6-4-12)14(7-10-16)8-11-17/h1-6,9,16-17H,7-8,10-11H2/b2-1+. The van der Waals surface area contributed by atoms with Gasteiger partial charge in [0.1, 0.15) is 6.29 Å². The fraction of sp³-hybridized carbons (Fsp3) is 0.308. The molecule has 0 bridgehead atoms. The van der Waals surface area contributed by atoms with Crippen molar-refractivity contribution < 1.29 is 15.0 Å². The number of aliphatic hydroxyl groups excluding tert-OH is 2. The van der Waals surface area contributed by atoms with E-state index in [9.17, 15) is 4.79 Å². The fourth-order valence-corrected chi connectivity index (χ4v) is 1.56. The number of allylic oxidation sites excluding steroid dienone is 1. The van der Waals surface area contributed by atoms with Gasteiger partial charge in [-0.2, -0.15) is 0 Å². The lowest BCUT2D eigenvalue weighted by atomic mass is 10.2. The number of anilines is 1. The molecule has 0 unspecified atom stereocenters. The average molecular weight is 235 g/mol. The van der Waals surface area contributed by atoms with Crippen LogP contribution in [0, 0.1) is 0 Å². The first-order valence-corrected chi connectivity index (χ1v) is 5.50. The van der Waals surface area contributed by atoms with Crippen LogP contribution in [0.4, 0.5) is 5.69 Å². The highest BCUT2D eigenvalue weighted by atomic mass is 16.3. The second kappa shape index (κ2) is 7.60. The summed E-state index contributed by atoms with van der Waals surface area (Å²) in [4.78, 5) is 12.1. The number of benzene rings is 1. The van der Waals surface area contributed by atoms with Gasteiger partial charge >= 0.3 is 0 Å². The third-order valence-corrected chi connectivity index (χ3v) is 2.37. The van der Waals surface area contributed by atoms with E-state index in [1.165, 1.54) is 6.08 Å². The Hall–Kier alpha value is -1.65. The van der Waals surface area contributed by atoms with E-state index in [1.54, 1.807) is 6.08 Å². The molecule has 0 aliphatic rings. The molecule has 17 heavy (non-hydrogen) atoms. The zero-order chi connectivity index (χ0) is 12.5. The Bertz CT molecular complexity index is 353. The Morgan fingerprint density at radius 2 is 1.65 bits per heavy atom. The third-order valence-electron chi connectivity index (χ3n) is 2.37. The smallest absolute Gasteiger partial charge is 0.142 e. The van der Waals surface area contributed by atoms with Gasteiger partial charge in [-0.1, -0.05) is 18.2 Å². The van der Waals surface area contributed by atoms with Gasteiger partial charge in [0.05, 0.1) is 13.2 Å². The maximum atomic E-state index is 10.2. The summed E-state index contributed by atoms with van der Waals surface area (Å²) in [5, 5.41) is 17.8. The fourth-order valence-electron chi connectivity index (χ4n) is 1.56. The molecule has 0 amide bonds. The van der Waals surface area contributed by atoms with Gasteiger partial charge in [-0.15, -0.1) is 0 Å². The van der Waals surface area contributed by atoms with Crippen molar-refractivity contribution in [2.75, 3.05) is 31.2 Å². The molecule has 0 fully saturated rings. The lowest BCUT2D eigenvalue weighted by Crippen LogP contribution is -2.29. The van der Waals surface area contributed by atoms with Crippen molar-refractivity contribution in [2.24, 2.45) is 0 Å². The van der Waals surface area contributed by atoms with Crippen LogP contribution in [0.5, 0.6) is 0 Å². The molecule has 0 atom stereocenters. The second-order valence-corrected chi connectivity index (χ2v) is 3.52. The molecule has 0 saturated heterocycles. The summed E-state index contributed by atoms with van der Waals surface area (Å²) in [7, 11) is 0. The van der Waals surface area contributed by atoms with Crippen molar-refractivity contribution in [3.05, 3.63) is 35.9 Å². The molecule has 1 rings (SSSR count). The van der Waals surface area contributed by atoms with Crippen molar-refractivity contribution in [3.8, 4) is 0 Å². The SMILES string of the molecule is O=C/C=C/c1ccc(N(CCO)CCO)cc1. The molecular formula is C13H17NO3. The first kappa shape index (κ1) is 13.4. The lowest BCUT2D eigenvalue weighted by molar-refractivity contribution is -0.104. The van der Waals surface area contributed by atoms with Crippen LogP contribution in [0.2, 0.25) is 0 Å². The van der Waals surface area contributed by atoms with Crippen LogP contribution in [0.1, 0.15) is 5.56 Å². The Kier molecular flexibility index (Phi) is 5.99. The van der Waals surface area contributed by atoms with Gasteiger partial charge in [-0.25, -0.2) is 0 Å². The first-order chi connectivity index (χ1) is 8.31. The molecule has 1 aromatic rings. The molecule has 0 heterocycles. The zero-order valence-electron chi connectivity index (χ0n) is 9.62. The number of aliphatic hydroxyl groups is 2. The van der Waals surface area contributed by atoms with E-state index in [0.717, 1.165) is 17.5 Å². The molecule has 0 aliphatic carbocycles. The number of carbonyl (C=O) groups excluding carboxylic acids is 1. The number of hydrogen-bond donors (Lipinski definition) is 2. The Balaban J connectivity index is 2.76. The number of hydrogen-bond acceptors (Lipinski definition) is 4. The van der Waals surface area contributed by atoms with Gasteiger partial charge in [0.25, 0.3) is 0 Å². The minimum Gasteiger partial charge on any atom is -0.395 e. The topological polar surface area (TPSA) is 60.8 Å². The average Bonchev–Trinajstić information content (AvgIpc) is 2.37. The van der Waals surface area contributed by atoms with Gasteiger partial charge < -0.3 is 15.1 Å². The number of carbonyl (C=O) groups is 1. The van der Waals surface area contributed by atoms with E-state index in [2.05, 4.69) is 0 Å². The van der Waals surface area contributed by atoms with Gasteiger partial charge in [-0.05, 0) is 23.8 Å². The number of nitrogens with zero attached hydrogens (tertiary/aromatic N) is 1. The molecule has 2 N–H and O–H groups in total. The van der Waals surface area contributed by atoms with Crippen LogP contribution < -0.4 is 4.90 Å². The largest absolute Gasteiger partial charge is 0.395 e. The van der Waals surface area contributed by atoms with Crippen LogP contribution in [0.3, 0.4) is 0 Å². The van der Waals surface area contributed by atoms with Crippen molar-refractivity contribution >= 4 is 18.0 Å². The van der Waals surface area contributed by atoms with E-state index in [4.69, 9.17) is 10.2 Å². The molecule has 0 aliphatic heterocycles. The highest BCUT2D eigenvalue weighted by Gasteiger charge is 2.04. The summed E-state index contributed by atoms with van der Waals surface area (Å²) in [5.41, 5.74) is 1.88. The van der Waals surface area contributed by atoms with E-state index in [0.29, 0.717) is 13.1 Å². The molecular weight excluding hydrogens is 218 g/mol. The normalized spacial score (nSPS) is 10.7. The van der Waals surface area contributed by atoms with Gasteiger partial charge in [0, 0.05) is 18.8 Å². The molecule has 0 saturated carbocycles. The number of rotatable bonds is 7. The summed E-state index contributed by atoms with van der Waals surface area (Å²) in [6, 6.07) is 7.57. The van der Waals surface area contributed by atoms with Gasteiger partial charge in [0.15, 0.2) is 0 Å². The third kappa shape index (κ3) is 4.38. The predicted octanol–water partition coefficient (Wildman–Crippen LogP) is 0.690. The Morgan fingerprint density at radius 3 is 2.12 bits per heavy atom. The van der Waals surface area contributed by atoms with Crippen molar-refractivity contribution in [1.29, 1.82) is 0 Å². The predicted molar refractivity (Wildman–Crippen MR) is 67.9 cm³/mol. The molecule has 0 spiro atoms. The molecule has 0 radical (unpaired) electrons. The molecule has 92 valence electrons. The highest BCUT2D eigenvalue weighted by Crippen LogP contribution is 2.15. The quantitative estimate of drug-likeness (QED) is 0.539. The monoisotopic (exact) mass is 235 g/mol. The van der Waals surface area contributed by atoms with Crippen LogP contribution in [0.15, 0.2) is 30.3 Å². The van der Waals surface area contributed by atoms with Crippen LogP contribution in [-0.4, -0.2) is 42.8 Å². The molecule has 4 heteroatoms. The van der Waals surface area contributed by atoms with E-state index >= 15 is 0 Å². The zero-order valence-corrected chi connectivity index (χ0v) is 9.62. The maximum absolute atomic E-state index is 10.2. The summed E-state index contributed by atoms with van der Waals surface area (Å²) < 4.78 is 0. The van der Waals surface area contributed by atoms with Crippen LogP contribution in [0.25, 0.3) is 6.08 Å². The minimum absolute atomic E-state index is 0.0484. The summed E-state index contributed by atoms with van der Waals surface area (Å²) >= 11 is 0. The highest BCUT2D eigenvalue weighted by molar-refractivity contribution is 5.74. The van der Waals surface area contributed by atoms with Crippen LogP contribution >= 0.6 is 0 Å². The van der Waals surface area contributed by atoms with Crippen molar-refractivity contribution in [3.63, 3.8) is 0 Å². The van der Waals surface area contributed by atoms with Crippen molar-refractivity contribution in [2.45, 2.75) is 0 Å². The Labute approximate surface area is 101 Å². The molecule has 1 aromatic carbocycles. The van der Waals surface area contributed by atoms with E-state index < -0.39 is 0 Å². The summed E-state index contributed by atoms with van der Waals surface area (Å²) in [6.07, 6.45) is 3.89. The van der Waals surface area contributed by atoms with E-state index in [-0.39, 0.29) is 13.2 Å². The van der Waals surface area contributed by atoms with E-state index in [1.807, 2.05) is 29.2 Å². The molecule has 4 nitrogen and oxygen atoms in total. The molecule has 0 aromatic heterocycles. The summed E-state index contributed by atoms with van der Waals surface area (Å²) in [5.74, 6) is 0. The first-order valence-electron chi connectivity index (χ1n) is 5.50.